The lowest BCUT2D eigenvalue weighted by Crippen LogP contribution is -2.40. The highest BCUT2D eigenvalue weighted by atomic mass is 35.5. The van der Waals surface area contributed by atoms with E-state index in [9.17, 15) is 0 Å². The van der Waals surface area contributed by atoms with Crippen molar-refractivity contribution in [2.24, 2.45) is 0 Å². The first-order valence-electron chi connectivity index (χ1n) is 5.85. The smallest absolute Gasteiger partial charge is 0.122 e. The van der Waals surface area contributed by atoms with Gasteiger partial charge in [-0.1, -0.05) is 11.6 Å². The number of nitrogens with one attached hydrogen (secondary N) is 1. The molecule has 1 aromatic carbocycles. The summed E-state index contributed by atoms with van der Waals surface area (Å²) in [6.07, 6.45) is 0. The monoisotopic (exact) mass is 289 g/mol. The van der Waals surface area contributed by atoms with Crippen LogP contribution in [0, 0.1) is 0 Å². The number of fused-ring (bicyclic) bond motifs is 3. The van der Waals surface area contributed by atoms with Crippen molar-refractivity contribution in [2.75, 3.05) is 20.2 Å². The highest BCUT2D eigenvalue weighted by molar-refractivity contribution is 6.31. The van der Waals surface area contributed by atoms with Gasteiger partial charge < -0.3 is 14.8 Å². The van der Waals surface area contributed by atoms with Crippen LogP contribution >= 0.6 is 24.0 Å². The second-order valence-corrected chi connectivity index (χ2v) is 5.33. The molecule has 0 unspecified atom stereocenters. The Balaban J connectivity index is 0.00000120. The quantitative estimate of drug-likeness (QED) is 0.862. The van der Waals surface area contributed by atoms with E-state index in [0.29, 0.717) is 12.5 Å². The van der Waals surface area contributed by atoms with E-state index in [0.717, 1.165) is 29.4 Å². The molecule has 2 heterocycles. The summed E-state index contributed by atoms with van der Waals surface area (Å²) < 4.78 is 11.5. The number of hydrogen-bond donors (Lipinski definition) is 1. The SMILES string of the molecule is COc1ccc(Cl)c2c1[C@H]1CNC[C@@]1(C)OC2.Cl. The van der Waals surface area contributed by atoms with Gasteiger partial charge in [-0.15, -0.1) is 12.4 Å². The predicted octanol–water partition coefficient (Wildman–Crippen LogP) is 2.75. The summed E-state index contributed by atoms with van der Waals surface area (Å²) >= 11 is 6.25. The Morgan fingerprint density at radius 3 is 3.00 bits per heavy atom. The lowest BCUT2D eigenvalue weighted by Gasteiger charge is -2.38. The molecule has 18 heavy (non-hydrogen) atoms. The van der Waals surface area contributed by atoms with Gasteiger partial charge >= 0.3 is 0 Å². The van der Waals surface area contributed by atoms with Crippen molar-refractivity contribution < 1.29 is 9.47 Å². The molecule has 2 aliphatic rings. The van der Waals surface area contributed by atoms with Crippen molar-refractivity contribution >= 4 is 24.0 Å². The summed E-state index contributed by atoms with van der Waals surface area (Å²) in [5.41, 5.74) is 2.17. The molecule has 0 aliphatic carbocycles. The summed E-state index contributed by atoms with van der Waals surface area (Å²) in [6.45, 7) is 4.52. The second-order valence-electron chi connectivity index (χ2n) is 4.93. The molecule has 1 N–H and O–H groups in total. The highest BCUT2D eigenvalue weighted by Crippen LogP contribution is 2.46. The molecule has 2 aliphatic heterocycles. The van der Waals surface area contributed by atoms with Crippen LogP contribution in [0.15, 0.2) is 12.1 Å². The molecule has 0 amide bonds. The van der Waals surface area contributed by atoms with Crippen molar-refractivity contribution in [1.82, 2.24) is 5.32 Å². The van der Waals surface area contributed by atoms with Gasteiger partial charge in [-0.2, -0.15) is 0 Å². The van der Waals surface area contributed by atoms with Gasteiger partial charge in [0.1, 0.15) is 5.75 Å². The van der Waals surface area contributed by atoms with Gasteiger partial charge in [0.15, 0.2) is 0 Å². The predicted molar refractivity (Wildman–Crippen MR) is 74.1 cm³/mol. The van der Waals surface area contributed by atoms with E-state index in [4.69, 9.17) is 21.1 Å². The summed E-state index contributed by atoms with van der Waals surface area (Å²) in [5.74, 6) is 1.24. The molecule has 100 valence electrons. The van der Waals surface area contributed by atoms with Gasteiger partial charge in [-0.25, -0.2) is 0 Å². The van der Waals surface area contributed by atoms with Crippen molar-refractivity contribution in [1.29, 1.82) is 0 Å². The number of rotatable bonds is 1. The lowest BCUT2D eigenvalue weighted by molar-refractivity contribution is -0.0523. The van der Waals surface area contributed by atoms with Crippen molar-refractivity contribution in [2.45, 2.75) is 25.0 Å². The molecule has 5 heteroatoms. The Kier molecular flexibility index (Phi) is 3.79. The van der Waals surface area contributed by atoms with E-state index >= 15 is 0 Å². The Bertz CT molecular complexity index is 467. The average Bonchev–Trinajstić information content (AvgIpc) is 2.71. The number of methoxy groups -OCH3 is 1. The zero-order chi connectivity index (χ0) is 12.0. The number of ether oxygens (including phenoxy) is 2. The topological polar surface area (TPSA) is 30.5 Å². The van der Waals surface area contributed by atoms with E-state index in [-0.39, 0.29) is 18.0 Å². The second kappa shape index (κ2) is 4.89. The number of hydrogen-bond acceptors (Lipinski definition) is 3. The first kappa shape index (κ1) is 13.9. The van der Waals surface area contributed by atoms with E-state index in [1.165, 1.54) is 5.56 Å². The van der Waals surface area contributed by atoms with Crippen molar-refractivity contribution in [3.8, 4) is 5.75 Å². The number of benzene rings is 1. The minimum atomic E-state index is -0.134. The van der Waals surface area contributed by atoms with Gasteiger partial charge in [0.25, 0.3) is 0 Å². The maximum Gasteiger partial charge on any atom is 0.122 e. The molecule has 3 rings (SSSR count). The molecular weight excluding hydrogens is 273 g/mol. The molecule has 3 nitrogen and oxygen atoms in total. The Labute approximate surface area is 118 Å². The third kappa shape index (κ3) is 1.90. The van der Waals surface area contributed by atoms with Crippen LogP contribution in [0.25, 0.3) is 0 Å². The standard InChI is InChI=1S/C13H16ClNO2.ClH/c1-13-7-15-5-9(13)12-8(6-17-13)10(14)3-4-11(12)16-2;/h3-4,9,15H,5-7H2,1-2H3;1H/t9-,13-;/m1./s1. The van der Waals surface area contributed by atoms with Crippen LogP contribution in [0.3, 0.4) is 0 Å². The van der Waals surface area contributed by atoms with Crippen LogP contribution in [0.2, 0.25) is 5.02 Å². The van der Waals surface area contributed by atoms with Crippen LogP contribution in [0.4, 0.5) is 0 Å². The summed E-state index contributed by atoms with van der Waals surface area (Å²) in [5, 5.41) is 4.17. The van der Waals surface area contributed by atoms with Crippen LogP contribution in [-0.2, 0) is 11.3 Å². The van der Waals surface area contributed by atoms with E-state index in [1.807, 2.05) is 12.1 Å². The zero-order valence-electron chi connectivity index (χ0n) is 10.5. The van der Waals surface area contributed by atoms with E-state index < -0.39 is 0 Å². The maximum atomic E-state index is 6.25. The van der Waals surface area contributed by atoms with Crippen LogP contribution in [0.5, 0.6) is 5.75 Å². The van der Waals surface area contributed by atoms with Crippen molar-refractivity contribution in [3.63, 3.8) is 0 Å². The van der Waals surface area contributed by atoms with Gasteiger partial charge in [-0.3, -0.25) is 0 Å². The Morgan fingerprint density at radius 1 is 1.50 bits per heavy atom. The molecule has 1 aromatic rings. The first-order chi connectivity index (χ1) is 8.15. The van der Waals surface area contributed by atoms with Gasteiger partial charge in [0.05, 0.1) is 19.3 Å². The van der Waals surface area contributed by atoms with Gasteiger partial charge in [0.2, 0.25) is 0 Å². The zero-order valence-corrected chi connectivity index (χ0v) is 12.0. The Hall–Kier alpha value is -0.480. The fraction of sp³-hybridized carbons (Fsp3) is 0.538. The van der Waals surface area contributed by atoms with E-state index in [2.05, 4.69) is 12.2 Å². The van der Waals surface area contributed by atoms with E-state index in [1.54, 1.807) is 7.11 Å². The van der Waals surface area contributed by atoms with Crippen LogP contribution in [0.1, 0.15) is 24.0 Å². The molecule has 0 bridgehead atoms. The van der Waals surface area contributed by atoms with Crippen molar-refractivity contribution in [3.05, 3.63) is 28.3 Å². The molecular formula is C13H17Cl2NO2. The maximum absolute atomic E-state index is 6.25. The third-order valence-electron chi connectivity index (χ3n) is 3.94. The van der Waals surface area contributed by atoms with Gasteiger partial charge in [-0.05, 0) is 19.1 Å². The normalized spacial score (nSPS) is 29.2. The average molecular weight is 290 g/mol. The number of halogens is 2. The molecule has 1 fully saturated rings. The van der Waals surface area contributed by atoms with Crippen LogP contribution in [-0.4, -0.2) is 25.8 Å². The highest BCUT2D eigenvalue weighted by Gasteiger charge is 2.46. The van der Waals surface area contributed by atoms with Crippen LogP contribution < -0.4 is 10.1 Å². The molecule has 0 saturated carbocycles. The molecule has 0 spiro atoms. The molecule has 1 saturated heterocycles. The molecule has 2 atom stereocenters. The summed E-state index contributed by atoms with van der Waals surface area (Å²) in [6, 6.07) is 3.83. The van der Waals surface area contributed by atoms with Gasteiger partial charge in [0, 0.05) is 35.2 Å². The molecule has 0 aromatic heterocycles. The minimum Gasteiger partial charge on any atom is -0.496 e. The third-order valence-corrected chi connectivity index (χ3v) is 4.29. The Morgan fingerprint density at radius 2 is 2.28 bits per heavy atom. The lowest BCUT2D eigenvalue weighted by atomic mass is 9.81. The largest absolute Gasteiger partial charge is 0.496 e. The minimum absolute atomic E-state index is 0. The fourth-order valence-electron chi connectivity index (χ4n) is 2.92. The first-order valence-corrected chi connectivity index (χ1v) is 6.23. The summed E-state index contributed by atoms with van der Waals surface area (Å²) in [4.78, 5) is 0. The molecule has 0 radical (unpaired) electrons. The summed E-state index contributed by atoms with van der Waals surface area (Å²) in [7, 11) is 1.71. The fourth-order valence-corrected chi connectivity index (χ4v) is 3.14.